The summed E-state index contributed by atoms with van der Waals surface area (Å²) < 4.78 is 26.7. The van der Waals surface area contributed by atoms with Gasteiger partial charge in [0.15, 0.2) is 0 Å². The van der Waals surface area contributed by atoms with Gasteiger partial charge in [0, 0.05) is 13.1 Å². The minimum Gasteiger partial charge on any atom is -0.326 e. The maximum Gasteiger partial charge on any atom is 0.240 e. The highest BCUT2D eigenvalue weighted by molar-refractivity contribution is 7.89. The van der Waals surface area contributed by atoms with Crippen LogP contribution in [0.15, 0.2) is 53.4 Å². The predicted octanol–water partition coefficient (Wildman–Crippen LogP) is 1.50. The topological polar surface area (TPSA) is 96.0 Å². The smallest absolute Gasteiger partial charge is 0.240 e. The van der Waals surface area contributed by atoms with E-state index < -0.39 is 10.0 Å². The Labute approximate surface area is 124 Å². The molecule has 0 unspecified atom stereocenters. The number of nitrogens with two attached hydrogens (primary N) is 1. The molecular formula is C15H15N3O2S. The van der Waals surface area contributed by atoms with Gasteiger partial charge in [0.1, 0.15) is 0 Å². The van der Waals surface area contributed by atoms with E-state index in [1.165, 1.54) is 12.1 Å². The summed E-state index contributed by atoms with van der Waals surface area (Å²) in [6.45, 7) is 0.387. The molecule has 108 valence electrons. The van der Waals surface area contributed by atoms with E-state index in [9.17, 15) is 8.42 Å². The fraction of sp³-hybridized carbons (Fsp3) is 0.133. The second-order valence-electron chi connectivity index (χ2n) is 4.45. The van der Waals surface area contributed by atoms with E-state index in [1.54, 1.807) is 36.4 Å². The van der Waals surface area contributed by atoms with Gasteiger partial charge in [-0.25, -0.2) is 13.1 Å². The molecule has 21 heavy (non-hydrogen) atoms. The molecule has 0 radical (unpaired) electrons. The van der Waals surface area contributed by atoms with Crippen LogP contribution < -0.4 is 10.5 Å². The van der Waals surface area contributed by atoms with Crippen LogP contribution in [0.2, 0.25) is 0 Å². The van der Waals surface area contributed by atoms with Crippen molar-refractivity contribution in [1.82, 2.24) is 4.72 Å². The molecule has 0 spiro atoms. The van der Waals surface area contributed by atoms with Crippen molar-refractivity contribution < 1.29 is 8.42 Å². The normalized spacial score (nSPS) is 11.0. The summed E-state index contributed by atoms with van der Waals surface area (Å²) in [6.07, 6.45) is 0. The predicted molar refractivity (Wildman–Crippen MR) is 79.5 cm³/mol. The molecule has 0 heterocycles. The first-order valence-electron chi connectivity index (χ1n) is 6.33. The van der Waals surface area contributed by atoms with Crippen molar-refractivity contribution in [2.45, 2.75) is 18.0 Å². The number of benzene rings is 2. The molecule has 5 nitrogen and oxygen atoms in total. The monoisotopic (exact) mass is 301 g/mol. The first-order chi connectivity index (χ1) is 10.1. The number of nitrogens with zero attached hydrogens (tertiary/aromatic N) is 1. The zero-order valence-corrected chi connectivity index (χ0v) is 12.1. The van der Waals surface area contributed by atoms with Gasteiger partial charge in [0.05, 0.1) is 16.5 Å². The molecule has 0 aromatic heterocycles. The van der Waals surface area contributed by atoms with Crippen LogP contribution in [0.1, 0.15) is 16.7 Å². The van der Waals surface area contributed by atoms with Crippen molar-refractivity contribution in [3.05, 3.63) is 65.2 Å². The van der Waals surface area contributed by atoms with E-state index in [1.807, 2.05) is 0 Å². The van der Waals surface area contributed by atoms with Crippen LogP contribution in [-0.4, -0.2) is 8.42 Å². The van der Waals surface area contributed by atoms with E-state index in [0.29, 0.717) is 11.1 Å². The third-order valence-corrected chi connectivity index (χ3v) is 4.45. The lowest BCUT2D eigenvalue weighted by atomic mass is 10.1. The highest BCUT2D eigenvalue weighted by atomic mass is 32.2. The van der Waals surface area contributed by atoms with Crippen LogP contribution in [0, 0.1) is 11.3 Å². The molecule has 2 aromatic rings. The van der Waals surface area contributed by atoms with E-state index in [2.05, 4.69) is 10.8 Å². The van der Waals surface area contributed by atoms with Gasteiger partial charge in [-0.1, -0.05) is 30.3 Å². The fourth-order valence-corrected chi connectivity index (χ4v) is 2.94. The highest BCUT2D eigenvalue weighted by Gasteiger charge is 2.13. The van der Waals surface area contributed by atoms with Gasteiger partial charge in [0.2, 0.25) is 10.0 Å². The molecule has 0 atom stereocenters. The van der Waals surface area contributed by atoms with Crippen LogP contribution >= 0.6 is 0 Å². The molecule has 2 aromatic carbocycles. The van der Waals surface area contributed by atoms with Crippen molar-refractivity contribution >= 4 is 10.0 Å². The molecule has 0 bridgehead atoms. The van der Waals surface area contributed by atoms with Gasteiger partial charge in [0.25, 0.3) is 0 Å². The Balaban J connectivity index is 2.15. The van der Waals surface area contributed by atoms with Crippen LogP contribution in [0.5, 0.6) is 0 Å². The van der Waals surface area contributed by atoms with Gasteiger partial charge >= 0.3 is 0 Å². The lowest BCUT2D eigenvalue weighted by Crippen LogP contribution is -2.23. The van der Waals surface area contributed by atoms with Crippen LogP contribution in [0.3, 0.4) is 0 Å². The maximum atomic E-state index is 12.1. The van der Waals surface area contributed by atoms with Crippen molar-refractivity contribution in [2.24, 2.45) is 5.73 Å². The minimum atomic E-state index is -3.54. The number of hydrogen-bond acceptors (Lipinski definition) is 4. The zero-order chi connectivity index (χ0) is 15.3. The van der Waals surface area contributed by atoms with E-state index >= 15 is 0 Å². The Bertz CT molecular complexity index is 765. The van der Waals surface area contributed by atoms with Gasteiger partial charge in [-0.15, -0.1) is 0 Å². The summed E-state index contributed by atoms with van der Waals surface area (Å²) in [7, 11) is -3.54. The maximum absolute atomic E-state index is 12.1. The first kappa shape index (κ1) is 15.2. The van der Waals surface area contributed by atoms with E-state index in [0.717, 1.165) is 5.56 Å². The summed E-state index contributed by atoms with van der Waals surface area (Å²) in [6, 6.07) is 15.3. The second kappa shape index (κ2) is 6.50. The number of rotatable bonds is 5. The Hall–Kier alpha value is -2.20. The van der Waals surface area contributed by atoms with E-state index in [-0.39, 0.29) is 18.0 Å². The average Bonchev–Trinajstić information content (AvgIpc) is 2.53. The molecule has 0 aliphatic rings. The van der Waals surface area contributed by atoms with Crippen molar-refractivity contribution in [3.8, 4) is 6.07 Å². The van der Waals surface area contributed by atoms with Gasteiger partial charge in [-0.05, 0) is 29.3 Å². The van der Waals surface area contributed by atoms with Crippen molar-refractivity contribution in [2.75, 3.05) is 0 Å². The Morgan fingerprint density at radius 2 is 1.86 bits per heavy atom. The van der Waals surface area contributed by atoms with Gasteiger partial charge < -0.3 is 5.73 Å². The van der Waals surface area contributed by atoms with E-state index in [4.69, 9.17) is 11.0 Å². The number of nitriles is 1. The highest BCUT2D eigenvalue weighted by Crippen LogP contribution is 2.12. The van der Waals surface area contributed by atoms with Crippen LogP contribution in [0.4, 0.5) is 0 Å². The molecule has 0 saturated carbocycles. The Morgan fingerprint density at radius 1 is 1.14 bits per heavy atom. The zero-order valence-electron chi connectivity index (χ0n) is 11.3. The summed E-state index contributed by atoms with van der Waals surface area (Å²) >= 11 is 0. The third kappa shape index (κ3) is 3.67. The molecular weight excluding hydrogens is 286 g/mol. The van der Waals surface area contributed by atoms with Crippen LogP contribution in [0.25, 0.3) is 0 Å². The minimum absolute atomic E-state index is 0.149. The molecule has 0 aliphatic heterocycles. The van der Waals surface area contributed by atoms with Crippen molar-refractivity contribution in [3.63, 3.8) is 0 Å². The lowest BCUT2D eigenvalue weighted by molar-refractivity contribution is 0.581. The van der Waals surface area contributed by atoms with Crippen molar-refractivity contribution in [1.29, 1.82) is 5.26 Å². The number of sulfonamides is 1. The SMILES string of the molecule is N#Cc1ccc(CNS(=O)(=O)c2ccccc2)cc1CN. The molecule has 0 amide bonds. The second-order valence-corrected chi connectivity index (χ2v) is 6.21. The average molecular weight is 301 g/mol. The third-order valence-electron chi connectivity index (χ3n) is 3.03. The summed E-state index contributed by atoms with van der Waals surface area (Å²) in [5, 5.41) is 8.93. The lowest BCUT2D eigenvalue weighted by Gasteiger charge is -2.08. The summed E-state index contributed by atoms with van der Waals surface area (Å²) in [4.78, 5) is 0.220. The Kier molecular flexibility index (Phi) is 4.70. The molecule has 6 heteroatoms. The van der Waals surface area contributed by atoms with Gasteiger partial charge in [-0.3, -0.25) is 0 Å². The molecule has 3 N–H and O–H groups in total. The Morgan fingerprint density at radius 3 is 2.48 bits per heavy atom. The molecule has 0 aliphatic carbocycles. The van der Waals surface area contributed by atoms with Gasteiger partial charge in [-0.2, -0.15) is 5.26 Å². The largest absolute Gasteiger partial charge is 0.326 e. The fourth-order valence-electron chi connectivity index (χ4n) is 1.90. The number of nitrogens with one attached hydrogen (secondary N) is 1. The molecule has 0 fully saturated rings. The number of hydrogen-bond donors (Lipinski definition) is 2. The standard InChI is InChI=1S/C15H15N3O2S/c16-9-13-7-6-12(8-14(13)10-17)11-18-21(19,20)15-4-2-1-3-5-15/h1-8,18H,10-11,17H2. The molecule has 0 saturated heterocycles. The quantitative estimate of drug-likeness (QED) is 0.874. The van der Waals surface area contributed by atoms with Crippen LogP contribution in [-0.2, 0) is 23.1 Å². The molecule has 2 rings (SSSR count). The summed E-state index contributed by atoms with van der Waals surface area (Å²) in [5.41, 5.74) is 7.55. The first-order valence-corrected chi connectivity index (χ1v) is 7.82. The summed E-state index contributed by atoms with van der Waals surface area (Å²) in [5.74, 6) is 0.